The minimum atomic E-state index is 0.611. The molecule has 3 rings (SSSR count). The first kappa shape index (κ1) is 14.2. The molecule has 110 valence electrons. The summed E-state index contributed by atoms with van der Waals surface area (Å²) in [5, 5.41) is 0. The fraction of sp³-hybridized carbons (Fsp3) is 0.444. The highest BCUT2D eigenvalue weighted by atomic mass is 15.1. The van der Waals surface area contributed by atoms with Gasteiger partial charge in [0, 0.05) is 24.4 Å². The molecule has 1 aliphatic rings. The molecule has 1 fully saturated rings. The zero-order chi connectivity index (χ0) is 14.5. The van der Waals surface area contributed by atoms with Crippen LogP contribution in [0.15, 0.2) is 42.6 Å². The Bertz CT molecular complexity index is 560. The van der Waals surface area contributed by atoms with Gasteiger partial charge >= 0.3 is 0 Å². The van der Waals surface area contributed by atoms with Crippen LogP contribution in [0, 0.1) is 6.92 Å². The van der Waals surface area contributed by atoms with Gasteiger partial charge in [-0.1, -0.05) is 30.3 Å². The second kappa shape index (κ2) is 6.81. The maximum absolute atomic E-state index is 4.59. The van der Waals surface area contributed by atoms with Gasteiger partial charge in [-0.05, 0) is 50.9 Å². The maximum Gasteiger partial charge on any atom is 0.125 e. The fourth-order valence-electron chi connectivity index (χ4n) is 3.09. The number of aryl methyl sites for hydroxylation is 1. The molecule has 21 heavy (non-hydrogen) atoms. The van der Waals surface area contributed by atoms with E-state index in [-0.39, 0.29) is 0 Å². The quantitative estimate of drug-likeness (QED) is 0.861. The highest BCUT2D eigenvalue weighted by molar-refractivity contribution is 5.15. The Morgan fingerprint density at radius 3 is 2.57 bits per heavy atom. The normalized spacial score (nSPS) is 17.0. The molecule has 0 spiro atoms. The lowest BCUT2D eigenvalue weighted by atomic mass is 9.93. The van der Waals surface area contributed by atoms with Gasteiger partial charge in [-0.25, -0.2) is 9.97 Å². The predicted molar refractivity (Wildman–Crippen MR) is 85.3 cm³/mol. The molecular formula is C18H23N3. The third-order valence-electron chi connectivity index (χ3n) is 4.36. The minimum Gasteiger partial charge on any atom is -0.303 e. The SMILES string of the molecule is Cc1nccc(C2CCN(CCc3ccccc3)CC2)n1. The van der Waals surface area contributed by atoms with Crippen LogP contribution < -0.4 is 0 Å². The fourth-order valence-corrected chi connectivity index (χ4v) is 3.09. The molecule has 0 aliphatic carbocycles. The molecular weight excluding hydrogens is 258 g/mol. The number of piperidine rings is 1. The van der Waals surface area contributed by atoms with Gasteiger partial charge in [0.05, 0.1) is 0 Å². The molecule has 1 saturated heterocycles. The molecule has 1 aromatic heterocycles. The third-order valence-corrected chi connectivity index (χ3v) is 4.36. The highest BCUT2D eigenvalue weighted by Gasteiger charge is 2.21. The Morgan fingerprint density at radius 2 is 1.86 bits per heavy atom. The van der Waals surface area contributed by atoms with E-state index in [0.29, 0.717) is 5.92 Å². The summed E-state index contributed by atoms with van der Waals surface area (Å²) < 4.78 is 0. The molecule has 0 atom stereocenters. The number of aromatic nitrogens is 2. The lowest BCUT2D eigenvalue weighted by molar-refractivity contribution is 0.213. The van der Waals surface area contributed by atoms with Gasteiger partial charge in [0.2, 0.25) is 0 Å². The zero-order valence-corrected chi connectivity index (χ0v) is 12.7. The van der Waals surface area contributed by atoms with Gasteiger partial charge in [-0.3, -0.25) is 0 Å². The van der Waals surface area contributed by atoms with Gasteiger partial charge in [0.1, 0.15) is 5.82 Å². The molecule has 0 radical (unpaired) electrons. The van der Waals surface area contributed by atoms with Crippen molar-refractivity contribution in [2.45, 2.75) is 32.1 Å². The number of likely N-dealkylation sites (tertiary alicyclic amines) is 1. The van der Waals surface area contributed by atoms with Crippen LogP contribution in [0.25, 0.3) is 0 Å². The van der Waals surface area contributed by atoms with Gasteiger partial charge in [0.15, 0.2) is 0 Å². The lowest BCUT2D eigenvalue weighted by Crippen LogP contribution is -2.34. The van der Waals surface area contributed by atoms with E-state index in [0.717, 1.165) is 12.2 Å². The molecule has 0 saturated carbocycles. The van der Waals surface area contributed by atoms with E-state index < -0.39 is 0 Å². The van der Waals surface area contributed by atoms with Crippen molar-refractivity contribution in [3.63, 3.8) is 0 Å². The monoisotopic (exact) mass is 281 g/mol. The van der Waals surface area contributed by atoms with Crippen molar-refractivity contribution in [3.8, 4) is 0 Å². The molecule has 0 amide bonds. The smallest absolute Gasteiger partial charge is 0.125 e. The minimum absolute atomic E-state index is 0.611. The standard InChI is InChI=1S/C18H23N3/c1-15-19-11-7-18(20-15)17-9-13-21(14-10-17)12-8-16-5-3-2-4-6-16/h2-7,11,17H,8-10,12-14H2,1H3. The maximum atomic E-state index is 4.59. The average Bonchev–Trinajstić information content (AvgIpc) is 2.54. The summed E-state index contributed by atoms with van der Waals surface area (Å²) in [6.45, 7) is 5.50. The Kier molecular flexibility index (Phi) is 4.61. The van der Waals surface area contributed by atoms with Crippen LogP contribution in [0.1, 0.15) is 35.8 Å². The topological polar surface area (TPSA) is 29.0 Å². The largest absolute Gasteiger partial charge is 0.303 e. The summed E-state index contributed by atoms with van der Waals surface area (Å²) in [5.41, 5.74) is 2.66. The van der Waals surface area contributed by atoms with Crippen molar-refractivity contribution < 1.29 is 0 Å². The number of rotatable bonds is 4. The Balaban J connectivity index is 1.49. The third kappa shape index (κ3) is 3.88. The molecule has 0 unspecified atom stereocenters. The van der Waals surface area contributed by atoms with Crippen LogP contribution >= 0.6 is 0 Å². The van der Waals surface area contributed by atoms with E-state index in [4.69, 9.17) is 0 Å². The van der Waals surface area contributed by atoms with E-state index in [9.17, 15) is 0 Å². The summed E-state index contributed by atoms with van der Waals surface area (Å²) >= 11 is 0. The van der Waals surface area contributed by atoms with Crippen molar-refractivity contribution >= 4 is 0 Å². The van der Waals surface area contributed by atoms with E-state index >= 15 is 0 Å². The second-order valence-electron chi connectivity index (χ2n) is 5.88. The Morgan fingerprint density at radius 1 is 1.10 bits per heavy atom. The highest BCUT2D eigenvalue weighted by Crippen LogP contribution is 2.26. The van der Waals surface area contributed by atoms with Crippen LogP contribution in [0.5, 0.6) is 0 Å². The molecule has 0 bridgehead atoms. The number of benzene rings is 1. The van der Waals surface area contributed by atoms with Crippen molar-refractivity contribution in [2.75, 3.05) is 19.6 Å². The van der Waals surface area contributed by atoms with Crippen LogP contribution in [0.4, 0.5) is 0 Å². The molecule has 0 N–H and O–H groups in total. The first-order chi connectivity index (χ1) is 10.3. The Hall–Kier alpha value is -1.74. The van der Waals surface area contributed by atoms with Crippen molar-refractivity contribution in [1.29, 1.82) is 0 Å². The summed E-state index contributed by atoms with van der Waals surface area (Å²) in [6, 6.07) is 12.8. The van der Waals surface area contributed by atoms with E-state index in [2.05, 4.69) is 51.3 Å². The molecule has 3 nitrogen and oxygen atoms in total. The molecule has 1 aromatic carbocycles. The average molecular weight is 281 g/mol. The number of hydrogen-bond donors (Lipinski definition) is 0. The summed E-state index contributed by atoms with van der Waals surface area (Å²) in [7, 11) is 0. The molecule has 1 aliphatic heterocycles. The van der Waals surface area contributed by atoms with Crippen LogP contribution in [-0.2, 0) is 6.42 Å². The predicted octanol–water partition coefficient (Wildman–Crippen LogP) is 3.21. The number of hydrogen-bond acceptors (Lipinski definition) is 3. The lowest BCUT2D eigenvalue weighted by Gasteiger charge is -2.31. The van der Waals surface area contributed by atoms with Gasteiger partial charge in [0.25, 0.3) is 0 Å². The molecule has 3 heteroatoms. The first-order valence-corrected chi connectivity index (χ1v) is 7.87. The van der Waals surface area contributed by atoms with E-state index in [1.807, 2.05) is 13.1 Å². The molecule has 2 aromatic rings. The van der Waals surface area contributed by atoms with Crippen molar-refractivity contribution in [2.24, 2.45) is 0 Å². The summed E-state index contributed by atoms with van der Waals surface area (Å²) in [6.07, 6.45) is 5.47. The van der Waals surface area contributed by atoms with Crippen LogP contribution in [0.3, 0.4) is 0 Å². The van der Waals surface area contributed by atoms with Crippen LogP contribution in [0.2, 0.25) is 0 Å². The van der Waals surface area contributed by atoms with E-state index in [1.165, 1.54) is 43.7 Å². The summed E-state index contributed by atoms with van der Waals surface area (Å²) in [4.78, 5) is 11.4. The first-order valence-electron chi connectivity index (χ1n) is 7.87. The summed E-state index contributed by atoms with van der Waals surface area (Å²) in [5.74, 6) is 1.50. The van der Waals surface area contributed by atoms with Gasteiger partial charge in [-0.2, -0.15) is 0 Å². The van der Waals surface area contributed by atoms with Gasteiger partial charge in [-0.15, -0.1) is 0 Å². The van der Waals surface area contributed by atoms with Crippen molar-refractivity contribution in [3.05, 3.63) is 59.7 Å². The van der Waals surface area contributed by atoms with Crippen LogP contribution in [-0.4, -0.2) is 34.5 Å². The van der Waals surface area contributed by atoms with Crippen molar-refractivity contribution in [1.82, 2.24) is 14.9 Å². The van der Waals surface area contributed by atoms with E-state index in [1.54, 1.807) is 0 Å². The number of nitrogens with zero attached hydrogens (tertiary/aromatic N) is 3. The zero-order valence-electron chi connectivity index (χ0n) is 12.7. The molecule has 2 heterocycles. The van der Waals surface area contributed by atoms with Gasteiger partial charge < -0.3 is 4.90 Å². The second-order valence-corrected chi connectivity index (χ2v) is 5.88. The Labute approximate surface area is 127 Å².